The summed E-state index contributed by atoms with van der Waals surface area (Å²) in [5.41, 5.74) is 2.01. The Labute approximate surface area is 155 Å². The van der Waals surface area contributed by atoms with Crippen LogP contribution in [0.4, 0.5) is 9.93 Å². The van der Waals surface area contributed by atoms with E-state index in [2.05, 4.69) is 14.7 Å². The summed E-state index contributed by atoms with van der Waals surface area (Å²) in [6, 6.07) is 19.5. The zero-order chi connectivity index (χ0) is 17.8. The summed E-state index contributed by atoms with van der Waals surface area (Å²) >= 11 is 1.18. The maximum atomic E-state index is 12.6. The lowest BCUT2D eigenvalue weighted by Gasteiger charge is -2.32. The fourth-order valence-corrected chi connectivity index (χ4v) is 3.43. The molecule has 2 aromatic carbocycles. The summed E-state index contributed by atoms with van der Waals surface area (Å²) in [7, 11) is 0. The van der Waals surface area contributed by atoms with Crippen LogP contribution >= 0.6 is 11.5 Å². The van der Waals surface area contributed by atoms with E-state index in [0.717, 1.165) is 11.1 Å². The second kappa shape index (κ2) is 7.63. The van der Waals surface area contributed by atoms with Crippen LogP contribution in [0.1, 0.15) is 11.7 Å². The van der Waals surface area contributed by atoms with Crippen LogP contribution < -0.4 is 5.32 Å². The van der Waals surface area contributed by atoms with Crippen molar-refractivity contribution in [1.82, 2.24) is 14.3 Å². The third kappa shape index (κ3) is 3.74. The van der Waals surface area contributed by atoms with E-state index in [1.54, 1.807) is 4.90 Å². The molecule has 2 amide bonds. The quantitative estimate of drug-likeness (QED) is 0.765. The minimum absolute atomic E-state index is 0.106. The van der Waals surface area contributed by atoms with Gasteiger partial charge in [0.25, 0.3) is 0 Å². The minimum Gasteiger partial charge on any atom is -0.370 e. The first-order valence-electron chi connectivity index (χ1n) is 8.41. The van der Waals surface area contributed by atoms with Gasteiger partial charge in [-0.1, -0.05) is 60.7 Å². The molecule has 2 heterocycles. The van der Waals surface area contributed by atoms with Gasteiger partial charge in [-0.15, -0.1) is 0 Å². The number of hydrogen-bond donors (Lipinski definition) is 1. The van der Waals surface area contributed by atoms with Gasteiger partial charge in [0, 0.05) is 23.6 Å². The van der Waals surface area contributed by atoms with E-state index in [9.17, 15) is 4.79 Å². The molecule has 0 radical (unpaired) electrons. The average molecular weight is 366 g/mol. The van der Waals surface area contributed by atoms with Crippen LogP contribution in [-0.4, -0.2) is 40.0 Å². The monoisotopic (exact) mass is 366 g/mol. The van der Waals surface area contributed by atoms with Crippen LogP contribution in [0.3, 0.4) is 0 Å². The van der Waals surface area contributed by atoms with Crippen LogP contribution in [0.2, 0.25) is 0 Å². The Hall–Kier alpha value is -2.77. The molecule has 0 saturated carbocycles. The largest absolute Gasteiger partial charge is 0.370 e. The van der Waals surface area contributed by atoms with Crippen LogP contribution in [-0.2, 0) is 4.74 Å². The lowest BCUT2D eigenvalue weighted by Crippen LogP contribution is -2.44. The number of benzene rings is 2. The molecule has 0 bridgehead atoms. The van der Waals surface area contributed by atoms with Crippen molar-refractivity contribution < 1.29 is 9.53 Å². The molecule has 4 rings (SSSR count). The Balaban J connectivity index is 1.41. The molecule has 0 unspecified atom stereocenters. The SMILES string of the molecule is O=C(Nc1nc(-c2ccccc2)ns1)N1CCO[C@@H](c2ccccc2)C1. The first-order chi connectivity index (χ1) is 12.8. The predicted molar refractivity (Wildman–Crippen MR) is 101 cm³/mol. The number of nitrogens with zero attached hydrogens (tertiary/aromatic N) is 3. The highest BCUT2D eigenvalue weighted by atomic mass is 32.1. The van der Waals surface area contributed by atoms with Gasteiger partial charge in [-0.3, -0.25) is 5.32 Å². The van der Waals surface area contributed by atoms with Gasteiger partial charge < -0.3 is 9.64 Å². The molecule has 1 aliphatic heterocycles. The predicted octanol–water partition coefficient (Wildman–Crippen LogP) is 3.81. The van der Waals surface area contributed by atoms with Crippen LogP contribution in [0.25, 0.3) is 11.4 Å². The Bertz CT molecular complexity index is 870. The number of amides is 2. The van der Waals surface area contributed by atoms with Gasteiger partial charge in [-0.2, -0.15) is 9.36 Å². The molecule has 1 aromatic heterocycles. The van der Waals surface area contributed by atoms with E-state index in [-0.39, 0.29) is 12.1 Å². The van der Waals surface area contributed by atoms with E-state index < -0.39 is 0 Å². The molecule has 0 aliphatic carbocycles. The molecule has 6 nitrogen and oxygen atoms in total. The van der Waals surface area contributed by atoms with Gasteiger partial charge in [0.05, 0.1) is 13.2 Å². The van der Waals surface area contributed by atoms with E-state index in [0.29, 0.717) is 30.7 Å². The van der Waals surface area contributed by atoms with Gasteiger partial charge in [-0.25, -0.2) is 4.79 Å². The van der Waals surface area contributed by atoms with Crippen molar-refractivity contribution >= 4 is 22.7 Å². The lowest BCUT2D eigenvalue weighted by molar-refractivity contribution is -0.0135. The number of anilines is 1. The Morgan fingerprint density at radius 2 is 1.85 bits per heavy atom. The van der Waals surface area contributed by atoms with Gasteiger partial charge >= 0.3 is 6.03 Å². The Kier molecular flexibility index (Phi) is 4.90. The molecular weight excluding hydrogens is 348 g/mol. The lowest BCUT2D eigenvalue weighted by atomic mass is 10.1. The number of morpholine rings is 1. The van der Waals surface area contributed by atoms with Crippen LogP contribution in [0.15, 0.2) is 60.7 Å². The van der Waals surface area contributed by atoms with Crippen LogP contribution in [0.5, 0.6) is 0 Å². The summed E-state index contributed by atoms with van der Waals surface area (Å²) in [6.07, 6.45) is -0.106. The van der Waals surface area contributed by atoms with E-state index in [1.165, 1.54) is 11.5 Å². The molecule has 3 aromatic rings. The number of rotatable bonds is 3. The molecular formula is C19H18N4O2S. The minimum atomic E-state index is -0.176. The summed E-state index contributed by atoms with van der Waals surface area (Å²) in [5.74, 6) is 0.620. The third-order valence-electron chi connectivity index (χ3n) is 4.20. The van der Waals surface area contributed by atoms with Crippen molar-refractivity contribution in [3.05, 3.63) is 66.2 Å². The summed E-state index contributed by atoms with van der Waals surface area (Å²) in [6.45, 7) is 1.58. The topological polar surface area (TPSA) is 67.4 Å². The molecule has 1 atom stereocenters. The van der Waals surface area contributed by atoms with Crippen molar-refractivity contribution in [3.63, 3.8) is 0 Å². The number of hydrogen-bond acceptors (Lipinski definition) is 5. The highest BCUT2D eigenvalue weighted by molar-refractivity contribution is 7.10. The highest BCUT2D eigenvalue weighted by Gasteiger charge is 2.26. The maximum Gasteiger partial charge on any atom is 0.323 e. The van der Waals surface area contributed by atoms with Crippen molar-refractivity contribution in [2.75, 3.05) is 25.0 Å². The van der Waals surface area contributed by atoms with Crippen molar-refractivity contribution in [2.45, 2.75) is 6.10 Å². The van der Waals surface area contributed by atoms with Gasteiger partial charge in [-0.05, 0) is 5.56 Å². The number of aromatic nitrogens is 2. The number of carbonyl (C=O) groups is 1. The zero-order valence-electron chi connectivity index (χ0n) is 14.0. The van der Waals surface area contributed by atoms with E-state index in [1.807, 2.05) is 60.7 Å². The second-order valence-electron chi connectivity index (χ2n) is 5.94. The maximum absolute atomic E-state index is 12.6. The van der Waals surface area contributed by atoms with Crippen LogP contribution in [0, 0.1) is 0 Å². The molecule has 132 valence electrons. The smallest absolute Gasteiger partial charge is 0.323 e. The average Bonchev–Trinajstić information content (AvgIpc) is 3.18. The van der Waals surface area contributed by atoms with Gasteiger partial charge in [0.15, 0.2) is 5.82 Å². The van der Waals surface area contributed by atoms with Gasteiger partial charge in [0.1, 0.15) is 6.10 Å². The molecule has 26 heavy (non-hydrogen) atoms. The normalized spacial score (nSPS) is 17.1. The fraction of sp³-hybridized carbons (Fsp3) is 0.211. The molecule has 1 fully saturated rings. The molecule has 0 spiro atoms. The summed E-state index contributed by atoms with van der Waals surface area (Å²) in [4.78, 5) is 18.8. The van der Waals surface area contributed by atoms with Crippen molar-refractivity contribution in [1.29, 1.82) is 0 Å². The molecule has 1 saturated heterocycles. The summed E-state index contributed by atoms with van der Waals surface area (Å²) in [5, 5.41) is 3.35. The van der Waals surface area contributed by atoms with Crippen molar-refractivity contribution in [2.24, 2.45) is 0 Å². The third-order valence-corrected chi connectivity index (χ3v) is 4.83. The Morgan fingerprint density at radius 1 is 1.12 bits per heavy atom. The van der Waals surface area contributed by atoms with E-state index >= 15 is 0 Å². The van der Waals surface area contributed by atoms with Crippen molar-refractivity contribution in [3.8, 4) is 11.4 Å². The second-order valence-corrected chi connectivity index (χ2v) is 6.69. The number of carbonyl (C=O) groups excluding carboxylic acids is 1. The summed E-state index contributed by atoms with van der Waals surface area (Å²) < 4.78 is 10.1. The Morgan fingerprint density at radius 3 is 2.62 bits per heavy atom. The number of ether oxygens (including phenoxy) is 1. The van der Waals surface area contributed by atoms with Gasteiger partial charge in [0.2, 0.25) is 5.13 Å². The first kappa shape index (κ1) is 16.7. The highest BCUT2D eigenvalue weighted by Crippen LogP contribution is 2.24. The number of nitrogens with one attached hydrogen (secondary N) is 1. The first-order valence-corrected chi connectivity index (χ1v) is 9.18. The molecule has 1 N–H and O–H groups in total. The molecule has 7 heteroatoms. The zero-order valence-corrected chi connectivity index (χ0v) is 14.9. The fourth-order valence-electron chi connectivity index (χ4n) is 2.85. The number of urea groups is 1. The standard InChI is InChI=1S/C19H18N4O2S/c24-19(21-18-20-17(22-26-18)15-9-5-2-6-10-15)23-11-12-25-16(13-23)14-7-3-1-4-8-14/h1-10,16H,11-13H2,(H,20,21,22,24)/t16-/m1/s1. The van der Waals surface area contributed by atoms with E-state index in [4.69, 9.17) is 4.74 Å². The molecule has 1 aliphatic rings.